The number of hydrogen-bond acceptors (Lipinski definition) is 3. The van der Waals surface area contributed by atoms with Crippen LogP contribution >= 0.6 is 0 Å². The van der Waals surface area contributed by atoms with Crippen molar-refractivity contribution in [1.29, 1.82) is 0 Å². The molecule has 0 bridgehead atoms. The van der Waals surface area contributed by atoms with Crippen molar-refractivity contribution in [1.82, 2.24) is 5.32 Å². The second-order valence-electron chi connectivity index (χ2n) is 5.13. The van der Waals surface area contributed by atoms with E-state index in [2.05, 4.69) is 17.4 Å². The maximum Gasteiger partial charge on any atom is 0.246 e. The van der Waals surface area contributed by atoms with E-state index >= 15 is 0 Å². The molecular formula is C14H17NO3. The zero-order chi connectivity index (χ0) is 12.6. The molecular weight excluding hydrogens is 230 g/mol. The molecule has 1 aliphatic heterocycles. The number of ether oxygens (including phenoxy) is 2. The number of aryl methyl sites for hydroxylation is 1. The highest BCUT2D eigenvalue weighted by Gasteiger charge is 2.38. The molecule has 3 rings (SSSR count). The van der Waals surface area contributed by atoms with E-state index in [-0.39, 0.29) is 18.1 Å². The van der Waals surface area contributed by atoms with E-state index in [1.54, 1.807) is 7.11 Å². The van der Waals surface area contributed by atoms with Gasteiger partial charge in [-0.1, -0.05) is 6.07 Å². The first-order chi connectivity index (χ1) is 8.71. The monoisotopic (exact) mass is 247 g/mol. The predicted octanol–water partition coefficient (Wildman–Crippen LogP) is 1.07. The van der Waals surface area contributed by atoms with Crippen molar-refractivity contribution in [2.45, 2.75) is 24.8 Å². The first-order valence-corrected chi connectivity index (χ1v) is 6.25. The molecule has 1 atom stereocenters. The summed E-state index contributed by atoms with van der Waals surface area (Å²) in [6.45, 7) is 0.794. The number of morpholine rings is 1. The number of hydrogen-bond donors (Lipinski definition) is 1. The Morgan fingerprint density at radius 1 is 1.39 bits per heavy atom. The molecule has 1 aliphatic carbocycles. The van der Waals surface area contributed by atoms with E-state index in [0.717, 1.165) is 25.0 Å². The molecule has 96 valence electrons. The summed E-state index contributed by atoms with van der Waals surface area (Å²) in [5, 5.41) is 3.11. The van der Waals surface area contributed by atoms with Gasteiger partial charge in [0.05, 0.1) is 19.3 Å². The maximum atomic E-state index is 11.5. The quantitative estimate of drug-likeness (QED) is 0.807. The summed E-state index contributed by atoms with van der Waals surface area (Å²) >= 11 is 0. The van der Waals surface area contributed by atoms with Crippen molar-refractivity contribution < 1.29 is 14.3 Å². The van der Waals surface area contributed by atoms with E-state index < -0.39 is 0 Å². The van der Waals surface area contributed by atoms with Gasteiger partial charge in [-0.3, -0.25) is 4.79 Å². The van der Waals surface area contributed by atoms with Crippen LogP contribution in [0.15, 0.2) is 18.2 Å². The zero-order valence-electron chi connectivity index (χ0n) is 10.5. The number of amides is 1. The third-order valence-electron chi connectivity index (χ3n) is 3.83. The van der Waals surface area contributed by atoms with Crippen molar-refractivity contribution in [3.05, 3.63) is 29.3 Å². The van der Waals surface area contributed by atoms with Gasteiger partial charge in [-0.15, -0.1) is 0 Å². The third kappa shape index (κ3) is 1.97. The largest absolute Gasteiger partial charge is 0.497 e. The molecule has 1 saturated heterocycles. The van der Waals surface area contributed by atoms with Crippen LogP contribution in [0.4, 0.5) is 0 Å². The van der Waals surface area contributed by atoms with Crippen LogP contribution in [0, 0.1) is 0 Å². The van der Waals surface area contributed by atoms with E-state index in [0.29, 0.717) is 6.61 Å². The zero-order valence-corrected chi connectivity index (χ0v) is 10.5. The Labute approximate surface area is 106 Å². The van der Waals surface area contributed by atoms with Crippen molar-refractivity contribution >= 4 is 5.91 Å². The lowest BCUT2D eigenvalue weighted by Gasteiger charge is -2.41. The summed E-state index contributed by atoms with van der Waals surface area (Å²) < 4.78 is 10.7. The number of carbonyl (C=O) groups is 1. The molecule has 1 unspecified atom stereocenters. The number of rotatable bonds is 1. The summed E-state index contributed by atoms with van der Waals surface area (Å²) in [5.74, 6) is 0.862. The Bertz CT molecular complexity index is 486. The fourth-order valence-corrected chi connectivity index (χ4v) is 2.90. The highest BCUT2D eigenvalue weighted by atomic mass is 16.5. The smallest absolute Gasteiger partial charge is 0.246 e. The van der Waals surface area contributed by atoms with Gasteiger partial charge < -0.3 is 14.8 Å². The summed E-state index contributed by atoms with van der Waals surface area (Å²) in [5.41, 5.74) is 2.39. The van der Waals surface area contributed by atoms with Crippen LogP contribution in [0.3, 0.4) is 0 Å². The van der Waals surface area contributed by atoms with Crippen molar-refractivity contribution in [3.8, 4) is 5.75 Å². The van der Waals surface area contributed by atoms with Crippen molar-refractivity contribution in [2.75, 3.05) is 20.3 Å². The Kier molecular flexibility index (Phi) is 2.74. The number of nitrogens with one attached hydrogen (secondary N) is 1. The fraction of sp³-hybridized carbons (Fsp3) is 0.500. The molecule has 1 spiro atoms. The van der Waals surface area contributed by atoms with Crippen LogP contribution in [0.5, 0.6) is 5.75 Å². The molecule has 1 heterocycles. The third-order valence-corrected chi connectivity index (χ3v) is 3.83. The van der Waals surface area contributed by atoms with Gasteiger partial charge in [0, 0.05) is 0 Å². The lowest BCUT2D eigenvalue weighted by molar-refractivity contribution is -0.135. The second-order valence-corrected chi connectivity index (χ2v) is 5.13. The van der Waals surface area contributed by atoms with Crippen LogP contribution in [0.25, 0.3) is 0 Å². The molecule has 2 aliphatic rings. The summed E-state index contributed by atoms with van der Waals surface area (Å²) in [6.07, 6.45) is 2.74. The average Bonchev–Trinajstić information content (AvgIpc) is 2.37. The minimum atomic E-state index is -0.214. The van der Waals surface area contributed by atoms with Gasteiger partial charge in [-0.05, 0) is 42.5 Å². The lowest BCUT2D eigenvalue weighted by Crippen LogP contribution is -2.59. The van der Waals surface area contributed by atoms with Gasteiger partial charge in [0.15, 0.2) is 0 Å². The lowest BCUT2D eigenvalue weighted by atomic mass is 9.78. The van der Waals surface area contributed by atoms with Gasteiger partial charge in [0.2, 0.25) is 5.91 Å². The molecule has 1 aromatic carbocycles. The van der Waals surface area contributed by atoms with Crippen LogP contribution in [0.1, 0.15) is 17.5 Å². The number of benzene rings is 1. The van der Waals surface area contributed by atoms with Crippen LogP contribution in [0.2, 0.25) is 0 Å². The topological polar surface area (TPSA) is 47.6 Å². The molecule has 0 saturated carbocycles. The SMILES string of the molecule is COc1ccc2c(c1)CC1(CC2)COCC(=O)N1. The normalized spacial score (nSPS) is 26.6. The Balaban J connectivity index is 1.89. The Morgan fingerprint density at radius 3 is 3.06 bits per heavy atom. The van der Waals surface area contributed by atoms with E-state index in [9.17, 15) is 4.79 Å². The van der Waals surface area contributed by atoms with Gasteiger partial charge in [-0.2, -0.15) is 0 Å². The molecule has 1 fully saturated rings. The average molecular weight is 247 g/mol. The molecule has 4 heteroatoms. The first kappa shape index (κ1) is 11.5. The number of carbonyl (C=O) groups excluding carboxylic acids is 1. The molecule has 1 amide bonds. The van der Waals surface area contributed by atoms with Crippen LogP contribution in [-0.2, 0) is 22.4 Å². The second kappa shape index (κ2) is 4.28. The number of methoxy groups -OCH3 is 1. The highest BCUT2D eigenvalue weighted by molar-refractivity contribution is 5.79. The van der Waals surface area contributed by atoms with Crippen molar-refractivity contribution in [3.63, 3.8) is 0 Å². The van der Waals surface area contributed by atoms with Gasteiger partial charge >= 0.3 is 0 Å². The van der Waals surface area contributed by atoms with Gasteiger partial charge in [-0.25, -0.2) is 0 Å². The molecule has 1 aromatic rings. The summed E-state index contributed by atoms with van der Waals surface area (Å²) in [6, 6.07) is 6.18. The van der Waals surface area contributed by atoms with Gasteiger partial charge in [0.25, 0.3) is 0 Å². The van der Waals surface area contributed by atoms with E-state index in [1.807, 2.05) is 6.07 Å². The highest BCUT2D eigenvalue weighted by Crippen LogP contribution is 2.32. The van der Waals surface area contributed by atoms with Crippen molar-refractivity contribution in [2.24, 2.45) is 0 Å². The van der Waals surface area contributed by atoms with Crippen LogP contribution < -0.4 is 10.1 Å². The summed E-state index contributed by atoms with van der Waals surface area (Å²) in [7, 11) is 1.67. The minimum Gasteiger partial charge on any atom is -0.497 e. The number of fused-ring (bicyclic) bond motifs is 1. The maximum absolute atomic E-state index is 11.5. The Hall–Kier alpha value is -1.55. The molecule has 1 N–H and O–H groups in total. The molecule has 18 heavy (non-hydrogen) atoms. The predicted molar refractivity (Wildman–Crippen MR) is 66.7 cm³/mol. The van der Waals surface area contributed by atoms with E-state index in [1.165, 1.54) is 11.1 Å². The molecule has 0 aromatic heterocycles. The fourth-order valence-electron chi connectivity index (χ4n) is 2.90. The van der Waals surface area contributed by atoms with Gasteiger partial charge in [0.1, 0.15) is 12.4 Å². The molecule has 4 nitrogen and oxygen atoms in total. The molecule has 0 radical (unpaired) electrons. The van der Waals surface area contributed by atoms with E-state index in [4.69, 9.17) is 9.47 Å². The minimum absolute atomic E-state index is 0.00686. The Morgan fingerprint density at radius 2 is 2.28 bits per heavy atom. The van der Waals surface area contributed by atoms with Crippen LogP contribution in [-0.4, -0.2) is 31.8 Å². The summed E-state index contributed by atoms with van der Waals surface area (Å²) in [4.78, 5) is 11.5. The first-order valence-electron chi connectivity index (χ1n) is 6.25. The standard InChI is InChI=1S/C14H17NO3/c1-17-12-3-2-10-4-5-14(7-11(10)6-12)9-18-8-13(16)15-14/h2-3,6H,4-5,7-9H2,1H3,(H,15,16).